The molecule has 2 aromatic rings. The van der Waals surface area contributed by atoms with Gasteiger partial charge in [-0.3, -0.25) is 9.59 Å². The molecule has 0 radical (unpaired) electrons. The van der Waals surface area contributed by atoms with Crippen molar-refractivity contribution in [1.82, 2.24) is 0 Å². The van der Waals surface area contributed by atoms with Crippen LogP contribution >= 0.6 is 0 Å². The van der Waals surface area contributed by atoms with Crippen molar-refractivity contribution in [2.45, 2.75) is 51.0 Å². The Morgan fingerprint density at radius 3 is 1.32 bits per heavy atom. The highest BCUT2D eigenvalue weighted by Gasteiger charge is 2.37. The predicted octanol–water partition coefficient (Wildman–Crippen LogP) is 1.99. The Morgan fingerprint density at radius 1 is 0.714 bits per heavy atom. The van der Waals surface area contributed by atoms with Gasteiger partial charge in [-0.2, -0.15) is 0 Å². The Morgan fingerprint density at radius 2 is 1.04 bits per heavy atom. The number of benzene rings is 2. The second kappa shape index (κ2) is 10.6. The smallest absolute Gasteiger partial charge is 0.303 e. The van der Waals surface area contributed by atoms with E-state index in [1.807, 2.05) is 60.7 Å². The third-order valence-corrected chi connectivity index (χ3v) is 4.40. The fourth-order valence-electron chi connectivity index (χ4n) is 3.18. The first kappa shape index (κ1) is 21.6. The van der Waals surface area contributed by atoms with Crippen LogP contribution in [-0.2, 0) is 31.9 Å². The van der Waals surface area contributed by atoms with Gasteiger partial charge in [0, 0.05) is 25.9 Å². The molecule has 0 saturated carbocycles. The molecule has 0 saturated heterocycles. The molecule has 2 aromatic carbocycles. The number of hydrogen-bond acceptors (Lipinski definition) is 6. The van der Waals surface area contributed by atoms with Crippen LogP contribution in [0.5, 0.6) is 0 Å². The lowest BCUT2D eigenvalue weighted by atomic mass is 9.91. The molecule has 6 heteroatoms. The second-order valence-corrected chi connectivity index (χ2v) is 6.86. The molecule has 0 heterocycles. The van der Waals surface area contributed by atoms with Crippen molar-refractivity contribution in [3.63, 3.8) is 0 Å². The first-order valence-corrected chi connectivity index (χ1v) is 9.30. The van der Waals surface area contributed by atoms with Crippen LogP contribution in [0, 0.1) is 0 Å². The molecule has 0 aliphatic carbocycles. The molecule has 0 aliphatic heterocycles. The van der Waals surface area contributed by atoms with E-state index in [1.165, 1.54) is 13.8 Å². The largest absolute Gasteiger partial charge is 0.457 e. The van der Waals surface area contributed by atoms with Gasteiger partial charge in [0.15, 0.2) is 12.2 Å². The van der Waals surface area contributed by atoms with E-state index >= 15 is 0 Å². The number of carbonyl (C=O) groups excluding carboxylic acids is 2. The van der Waals surface area contributed by atoms with Crippen molar-refractivity contribution in [1.29, 1.82) is 0 Å². The summed E-state index contributed by atoms with van der Waals surface area (Å²) in [4.78, 5) is 23.4. The highest BCUT2D eigenvalue weighted by molar-refractivity contribution is 5.67. The predicted molar refractivity (Wildman–Crippen MR) is 107 cm³/mol. The monoisotopic (exact) mass is 384 g/mol. The molecule has 0 aliphatic rings. The molecule has 0 unspecified atom stereocenters. The molecular weight excluding hydrogens is 356 g/mol. The molecule has 4 atom stereocenters. The Labute approximate surface area is 165 Å². The summed E-state index contributed by atoms with van der Waals surface area (Å²) in [5, 5.41) is 0. The van der Waals surface area contributed by atoms with Crippen LogP contribution in [0.2, 0.25) is 0 Å². The standard InChI is InChI=1S/C22H28N2O4/c1-15(25)27-21(19(23)13-17-9-5-3-6-10-17)22(28-16(2)26)20(24)14-18-11-7-4-8-12-18/h3-12,19-22H,13-14,23-24H2,1-2H3/t19-,20-,21-,22-/m0/s1. The van der Waals surface area contributed by atoms with Crippen molar-refractivity contribution < 1.29 is 19.1 Å². The Bertz CT molecular complexity index is 686. The topological polar surface area (TPSA) is 105 Å². The van der Waals surface area contributed by atoms with E-state index < -0.39 is 36.2 Å². The third kappa shape index (κ3) is 6.79. The van der Waals surface area contributed by atoms with E-state index in [0.29, 0.717) is 12.8 Å². The quantitative estimate of drug-likeness (QED) is 0.641. The second-order valence-electron chi connectivity index (χ2n) is 6.86. The minimum Gasteiger partial charge on any atom is -0.457 e. The summed E-state index contributed by atoms with van der Waals surface area (Å²) in [6.07, 6.45) is -0.816. The van der Waals surface area contributed by atoms with Crippen LogP contribution < -0.4 is 11.5 Å². The summed E-state index contributed by atoms with van der Waals surface area (Å²) < 4.78 is 11.0. The van der Waals surface area contributed by atoms with Crippen molar-refractivity contribution in [2.24, 2.45) is 11.5 Å². The lowest BCUT2D eigenvalue weighted by Crippen LogP contribution is -2.56. The molecule has 28 heavy (non-hydrogen) atoms. The van der Waals surface area contributed by atoms with Crippen molar-refractivity contribution in [3.05, 3.63) is 71.8 Å². The molecule has 0 amide bonds. The average Bonchev–Trinajstić information content (AvgIpc) is 2.65. The molecule has 0 spiro atoms. The number of esters is 2. The van der Waals surface area contributed by atoms with E-state index in [-0.39, 0.29) is 0 Å². The van der Waals surface area contributed by atoms with Gasteiger partial charge in [-0.15, -0.1) is 0 Å². The van der Waals surface area contributed by atoms with Crippen molar-refractivity contribution in [3.8, 4) is 0 Å². The summed E-state index contributed by atoms with van der Waals surface area (Å²) in [5.41, 5.74) is 14.7. The number of ether oxygens (including phenoxy) is 2. The molecular formula is C22H28N2O4. The molecule has 4 N–H and O–H groups in total. The van der Waals surface area contributed by atoms with Gasteiger partial charge in [-0.25, -0.2) is 0 Å². The summed E-state index contributed by atoms with van der Waals surface area (Å²) in [7, 11) is 0. The first-order valence-electron chi connectivity index (χ1n) is 9.30. The number of nitrogens with two attached hydrogens (primary N) is 2. The fourth-order valence-corrected chi connectivity index (χ4v) is 3.18. The van der Waals surface area contributed by atoms with Crippen molar-refractivity contribution >= 4 is 11.9 Å². The molecule has 0 bridgehead atoms. The van der Waals surface area contributed by atoms with Gasteiger partial charge in [0.25, 0.3) is 0 Å². The van der Waals surface area contributed by atoms with Gasteiger partial charge in [0.2, 0.25) is 0 Å². The van der Waals surface area contributed by atoms with Gasteiger partial charge in [0.05, 0.1) is 0 Å². The fraction of sp³-hybridized carbons (Fsp3) is 0.364. The van der Waals surface area contributed by atoms with E-state index in [2.05, 4.69) is 0 Å². The highest BCUT2D eigenvalue weighted by Crippen LogP contribution is 2.18. The van der Waals surface area contributed by atoms with Gasteiger partial charge in [0.1, 0.15) is 0 Å². The molecule has 0 aromatic heterocycles. The first-order chi connectivity index (χ1) is 13.4. The average molecular weight is 384 g/mol. The third-order valence-electron chi connectivity index (χ3n) is 4.40. The lowest BCUT2D eigenvalue weighted by molar-refractivity contribution is -0.168. The number of hydrogen-bond donors (Lipinski definition) is 2. The van der Waals surface area contributed by atoms with E-state index in [1.54, 1.807) is 0 Å². The highest BCUT2D eigenvalue weighted by atomic mass is 16.6. The summed E-state index contributed by atoms with van der Waals surface area (Å²) >= 11 is 0. The summed E-state index contributed by atoms with van der Waals surface area (Å²) in [6, 6.07) is 18.1. The van der Waals surface area contributed by atoms with Crippen LogP contribution in [0.4, 0.5) is 0 Å². The van der Waals surface area contributed by atoms with Gasteiger partial charge >= 0.3 is 11.9 Å². The Hall–Kier alpha value is -2.70. The van der Waals surface area contributed by atoms with Crippen LogP contribution in [0.15, 0.2) is 60.7 Å². The van der Waals surface area contributed by atoms with Crippen LogP contribution in [0.25, 0.3) is 0 Å². The maximum absolute atomic E-state index is 11.7. The van der Waals surface area contributed by atoms with Crippen molar-refractivity contribution in [2.75, 3.05) is 0 Å². The maximum atomic E-state index is 11.7. The molecule has 150 valence electrons. The van der Waals surface area contributed by atoms with E-state index in [9.17, 15) is 9.59 Å². The zero-order valence-electron chi connectivity index (χ0n) is 16.3. The van der Waals surface area contributed by atoms with Gasteiger partial charge < -0.3 is 20.9 Å². The van der Waals surface area contributed by atoms with Gasteiger partial charge in [-0.1, -0.05) is 60.7 Å². The van der Waals surface area contributed by atoms with E-state index in [0.717, 1.165) is 11.1 Å². The normalized spacial score (nSPS) is 15.1. The zero-order valence-corrected chi connectivity index (χ0v) is 16.3. The SMILES string of the molecule is CC(=O)O[C@H]([C@@H](OC(C)=O)[C@@H](N)Cc1ccccc1)[C@@H](N)Cc1ccccc1. The lowest BCUT2D eigenvalue weighted by Gasteiger charge is -2.34. The molecule has 6 nitrogen and oxygen atoms in total. The van der Waals surface area contributed by atoms with Gasteiger partial charge in [-0.05, 0) is 24.0 Å². The number of carbonyl (C=O) groups is 2. The minimum absolute atomic E-state index is 0.453. The molecule has 2 rings (SSSR count). The van der Waals surface area contributed by atoms with Crippen LogP contribution in [-0.4, -0.2) is 36.2 Å². The maximum Gasteiger partial charge on any atom is 0.303 e. The van der Waals surface area contributed by atoms with Crippen LogP contribution in [0.1, 0.15) is 25.0 Å². The Balaban J connectivity index is 2.24. The summed E-state index contributed by atoms with van der Waals surface area (Å²) in [6.45, 7) is 2.60. The molecule has 0 fully saturated rings. The Kier molecular flexibility index (Phi) is 8.17. The number of rotatable bonds is 9. The van der Waals surface area contributed by atoms with Crippen LogP contribution in [0.3, 0.4) is 0 Å². The summed E-state index contributed by atoms with van der Waals surface area (Å²) in [5.74, 6) is -1.00. The minimum atomic E-state index is -0.861. The zero-order chi connectivity index (χ0) is 20.5. The van der Waals surface area contributed by atoms with E-state index in [4.69, 9.17) is 20.9 Å².